The van der Waals surface area contributed by atoms with Crippen molar-refractivity contribution in [3.8, 4) is 0 Å². The Hall–Kier alpha value is -0.520. The van der Waals surface area contributed by atoms with Crippen LogP contribution in [0.4, 0.5) is 0 Å². The van der Waals surface area contributed by atoms with Gasteiger partial charge in [-0.05, 0) is 25.7 Å². The molecule has 0 fully saturated rings. The summed E-state index contributed by atoms with van der Waals surface area (Å²) in [5, 5.41) is 0. The molecule has 0 heterocycles. The van der Waals surface area contributed by atoms with Crippen molar-refractivity contribution >= 4 is 0 Å². The van der Waals surface area contributed by atoms with Crippen LogP contribution in [-0.4, -0.2) is 0 Å². The minimum Gasteiger partial charge on any atom is -0.103 e. The molecule has 0 aliphatic rings. The van der Waals surface area contributed by atoms with Crippen LogP contribution in [0.5, 0.6) is 0 Å². The molecule has 0 aromatic carbocycles. The van der Waals surface area contributed by atoms with Gasteiger partial charge in [-0.2, -0.15) is 0 Å². The van der Waals surface area contributed by atoms with Crippen molar-refractivity contribution in [1.29, 1.82) is 0 Å². The molecule has 0 aliphatic carbocycles. The average molecular weight is 138 g/mol. The number of unbranched alkanes of at least 4 members (excludes halogenated alkanes) is 1. The molecule has 0 amide bonds. The van der Waals surface area contributed by atoms with Gasteiger partial charge in [0.15, 0.2) is 0 Å². The summed E-state index contributed by atoms with van der Waals surface area (Å²) in [5.74, 6) is 0. The Balaban J connectivity index is 3.13. The van der Waals surface area contributed by atoms with E-state index in [1.54, 1.807) is 0 Å². The molecule has 0 N–H and O–H groups in total. The lowest BCUT2D eigenvalue weighted by atomic mass is 10.1. The maximum absolute atomic E-state index is 3.98. The minimum absolute atomic E-state index is 1.13. The van der Waals surface area contributed by atoms with Crippen LogP contribution in [-0.2, 0) is 0 Å². The summed E-state index contributed by atoms with van der Waals surface area (Å²) >= 11 is 0. The van der Waals surface area contributed by atoms with Gasteiger partial charge in [0, 0.05) is 0 Å². The van der Waals surface area contributed by atoms with Crippen molar-refractivity contribution < 1.29 is 0 Å². The molecule has 0 nitrogen and oxygen atoms in total. The van der Waals surface area contributed by atoms with E-state index in [0.29, 0.717) is 0 Å². The predicted molar refractivity (Wildman–Crippen MR) is 48.1 cm³/mol. The van der Waals surface area contributed by atoms with E-state index in [9.17, 15) is 0 Å². The van der Waals surface area contributed by atoms with Gasteiger partial charge in [-0.15, -0.1) is 6.58 Å². The fourth-order valence-corrected chi connectivity index (χ4v) is 0.975. The van der Waals surface area contributed by atoms with E-state index < -0.39 is 0 Å². The molecule has 0 radical (unpaired) electrons. The first-order chi connectivity index (χ1) is 4.81. The molecule has 0 aromatic rings. The van der Waals surface area contributed by atoms with Gasteiger partial charge in [-0.3, -0.25) is 0 Å². The van der Waals surface area contributed by atoms with Gasteiger partial charge in [0.1, 0.15) is 0 Å². The van der Waals surface area contributed by atoms with Crippen LogP contribution in [0.2, 0.25) is 0 Å². The summed E-state index contributed by atoms with van der Waals surface area (Å²) in [6.07, 6.45) is 7.92. The molecule has 0 aromatic heterocycles. The summed E-state index contributed by atoms with van der Waals surface area (Å²) in [4.78, 5) is 0. The minimum atomic E-state index is 1.13. The largest absolute Gasteiger partial charge is 0.103 e. The van der Waals surface area contributed by atoms with Crippen molar-refractivity contribution in [3.05, 3.63) is 24.8 Å². The van der Waals surface area contributed by atoms with Crippen LogP contribution in [0, 0.1) is 0 Å². The molecule has 0 heteroatoms. The molecule has 0 saturated carbocycles. The Morgan fingerprint density at radius 1 is 1.40 bits per heavy atom. The van der Waals surface area contributed by atoms with Crippen LogP contribution in [0.15, 0.2) is 24.8 Å². The highest BCUT2D eigenvalue weighted by molar-refractivity contribution is 4.93. The van der Waals surface area contributed by atoms with E-state index >= 15 is 0 Å². The second-order valence-corrected chi connectivity index (χ2v) is 2.68. The van der Waals surface area contributed by atoms with Crippen molar-refractivity contribution in [2.45, 2.75) is 39.0 Å². The van der Waals surface area contributed by atoms with Gasteiger partial charge in [0.05, 0.1) is 0 Å². The first kappa shape index (κ1) is 9.48. The summed E-state index contributed by atoms with van der Waals surface area (Å²) in [7, 11) is 0. The van der Waals surface area contributed by atoms with E-state index in [1.807, 2.05) is 6.08 Å². The zero-order chi connectivity index (χ0) is 7.82. The molecular formula is C10H18. The number of hydrogen-bond acceptors (Lipinski definition) is 0. The molecule has 0 atom stereocenters. The van der Waals surface area contributed by atoms with Gasteiger partial charge >= 0.3 is 0 Å². The SMILES string of the molecule is C=CCCCC(=C)CCC. The molecule has 10 heavy (non-hydrogen) atoms. The van der Waals surface area contributed by atoms with Crippen LogP contribution in [0.1, 0.15) is 39.0 Å². The van der Waals surface area contributed by atoms with Gasteiger partial charge in [0.25, 0.3) is 0 Å². The van der Waals surface area contributed by atoms with E-state index in [-0.39, 0.29) is 0 Å². The highest BCUT2D eigenvalue weighted by Gasteiger charge is 1.90. The maximum atomic E-state index is 3.98. The molecule has 0 saturated heterocycles. The Morgan fingerprint density at radius 2 is 2.10 bits per heavy atom. The summed E-state index contributed by atoms with van der Waals surface area (Å²) in [6.45, 7) is 9.85. The third-order valence-corrected chi connectivity index (χ3v) is 1.54. The topological polar surface area (TPSA) is 0 Å². The second-order valence-electron chi connectivity index (χ2n) is 2.68. The number of hydrogen-bond donors (Lipinski definition) is 0. The normalized spacial score (nSPS) is 9.30. The summed E-state index contributed by atoms with van der Waals surface area (Å²) in [6, 6.07) is 0. The lowest BCUT2D eigenvalue weighted by molar-refractivity contribution is 0.773. The highest BCUT2D eigenvalue weighted by atomic mass is 14.0. The fourth-order valence-electron chi connectivity index (χ4n) is 0.975. The molecule has 0 spiro atoms. The van der Waals surface area contributed by atoms with Crippen LogP contribution in [0.3, 0.4) is 0 Å². The van der Waals surface area contributed by atoms with E-state index in [4.69, 9.17) is 0 Å². The van der Waals surface area contributed by atoms with Gasteiger partial charge in [-0.1, -0.05) is 31.6 Å². The smallest absolute Gasteiger partial charge is 0.0320 e. The van der Waals surface area contributed by atoms with Crippen LogP contribution in [0.25, 0.3) is 0 Å². The molecule has 0 unspecified atom stereocenters. The monoisotopic (exact) mass is 138 g/mol. The van der Waals surface area contributed by atoms with Crippen molar-refractivity contribution in [2.75, 3.05) is 0 Å². The first-order valence-corrected chi connectivity index (χ1v) is 4.08. The van der Waals surface area contributed by atoms with Crippen molar-refractivity contribution in [1.82, 2.24) is 0 Å². The van der Waals surface area contributed by atoms with Crippen LogP contribution < -0.4 is 0 Å². The van der Waals surface area contributed by atoms with E-state index in [0.717, 1.165) is 6.42 Å². The zero-order valence-electron chi connectivity index (χ0n) is 7.03. The Bertz CT molecular complexity index is 101. The Morgan fingerprint density at radius 3 is 2.60 bits per heavy atom. The van der Waals surface area contributed by atoms with Crippen LogP contribution >= 0.6 is 0 Å². The zero-order valence-corrected chi connectivity index (χ0v) is 7.03. The molecular weight excluding hydrogens is 120 g/mol. The lowest BCUT2D eigenvalue weighted by Crippen LogP contribution is -1.80. The third-order valence-electron chi connectivity index (χ3n) is 1.54. The Kier molecular flexibility index (Phi) is 6.25. The van der Waals surface area contributed by atoms with E-state index in [2.05, 4.69) is 20.1 Å². The Labute approximate surface area is 64.6 Å². The molecule has 0 aliphatic heterocycles. The number of rotatable bonds is 6. The van der Waals surface area contributed by atoms with Crippen molar-refractivity contribution in [3.63, 3.8) is 0 Å². The lowest BCUT2D eigenvalue weighted by Gasteiger charge is -2.00. The highest BCUT2D eigenvalue weighted by Crippen LogP contribution is 2.10. The summed E-state index contributed by atoms with van der Waals surface area (Å²) in [5.41, 5.74) is 1.39. The first-order valence-electron chi connectivity index (χ1n) is 4.08. The summed E-state index contributed by atoms with van der Waals surface area (Å²) < 4.78 is 0. The molecule has 58 valence electrons. The molecule has 0 rings (SSSR count). The van der Waals surface area contributed by atoms with E-state index in [1.165, 1.54) is 31.3 Å². The number of allylic oxidation sites excluding steroid dienone is 2. The standard InChI is InChI=1S/C10H18/c1-4-6-7-9-10(3)8-5-2/h4H,1,3,5-9H2,2H3. The third kappa shape index (κ3) is 5.61. The molecule has 0 bridgehead atoms. The van der Waals surface area contributed by atoms with Crippen molar-refractivity contribution in [2.24, 2.45) is 0 Å². The van der Waals surface area contributed by atoms with Gasteiger partial charge in [0.2, 0.25) is 0 Å². The average Bonchev–Trinajstić information content (AvgIpc) is 1.89. The quantitative estimate of drug-likeness (QED) is 0.388. The maximum Gasteiger partial charge on any atom is -0.0320 e. The fraction of sp³-hybridized carbons (Fsp3) is 0.600. The van der Waals surface area contributed by atoms with Gasteiger partial charge in [-0.25, -0.2) is 0 Å². The predicted octanol–water partition coefficient (Wildman–Crippen LogP) is 3.70. The van der Waals surface area contributed by atoms with Gasteiger partial charge < -0.3 is 0 Å². The second kappa shape index (κ2) is 6.60.